The zero-order valence-electron chi connectivity index (χ0n) is 54.1. The summed E-state index contributed by atoms with van der Waals surface area (Å²) < 4.78 is 141. The van der Waals surface area contributed by atoms with Gasteiger partial charge in [0.1, 0.15) is 96.2 Å². The maximum atomic E-state index is 13.5. The molecule has 10 aliphatic rings. The largest absolute Gasteiger partial charge is 0.505 e. The number of aliphatic hydroxyl groups is 5. The van der Waals surface area contributed by atoms with E-state index in [1.165, 1.54) is 49.2 Å². The van der Waals surface area contributed by atoms with Gasteiger partial charge in [0.15, 0.2) is 66.4 Å². The Morgan fingerprint density at radius 2 is 1.34 bits per heavy atom. The van der Waals surface area contributed by atoms with Gasteiger partial charge in [-0.25, -0.2) is 4.79 Å². The lowest BCUT2D eigenvalue weighted by molar-refractivity contribution is -0.428. The molecule has 0 radical (unpaired) electrons. The van der Waals surface area contributed by atoms with E-state index in [4.69, 9.17) is 132 Å². The molecule has 0 saturated carbocycles. The number of aliphatic hydroxyl groups excluding tert-OH is 4. The molecule has 34 heteroatoms. The molecule has 10 aliphatic heterocycles. The van der Waals surface area contributed by atoms with Gasteiger partial charge in [0.2, 0.25) is 6.29 Å². The molecule has 6 N–H and O–H groups in total. The molecule has 32 nitrogen and oxygen atoms in total. The Hall–Kier alpha value is -2.99. The number of methoxy groups -OCH3 is 4. The summed E-state index contributed by atoms with van der Waals surface area (Å²) in [6.45, 7) is 13.3. The summed E-state index contributed by atoms with van der Waals surface area (Å²) in [5.41, 5.74) is -3.33. The van der Waals surface area contributed by atoms with Gasteiger partial charge in [-0.1, -0.05) is 30.1 Å². The number of carbonyl (C=O) groups excluding carboxylic acids is 3. The number of fused-ring (bicyclic) bond motifs is 4. The fraction of sp³-hybridized carbons (Fsp3) is 0.850. The number of benzene rings is 1. The minimum Gasteiger partial charge on any atom is -0.505 e. The monoisotopic (exact) mass is 1390 g/mol. The lowest BCUT2D eigenvalue weighted by atomic mass is 9.81. The van der Waals surface area contributed by atoms with Crippen LogP contribution in [0, 0.1) is 6.92 Å². The summed E-state index contributed by atoms with van der Waals surface area (Å²) >= 11 is 12.5. The second kappa shape index (κ2) is 28.2. The van der Waals surface area contributed by atoms with Crippen molar-refractivity contribution in [3.8, 4) is 11.5 Å². The second-order valence-corrected chi connectivity index (χ2v) is 26.2. The molecule has 94 heavy (non-hydrogen) atoms. The molecule has 1 aromatic carbocycles. The first kappa shape index (κ1) is 72.3. The molecular weight excluding hydrogens is 1300 g/mol. The minimum atomic E-state index is -2.12. The van der Waals surface area contributed by atoms with Crippen molar-refractivity contribution in [3.05, 3.63) is 21.2 Å². The van der Waals surface area contributed by atoms with E-state index in [2.05, 4.69) is 0 Å². The number of halogens is 2. The molecule has 10 heterocycles. The maximum absolute atomic E-state index is 13.5. The predicted molar refractivity (Wildman–Crippen MR) is 308 cm³/mol. The van der Waals surface area contributed by atoms with Gasteiger partial charge >= 0.3 is 17.9 Å². The number of hydrogen-bond acceptors (Lipinski definition) is 32. The van der Waals surface area contributed by atoms with Crippen molar-refractivity contribution in [1.82, 2.24) is 0 Å². The number of Topliss-reactive ketones (excluding diaryl/α,β-unsaturated/α-hetero) is 1. The molecule has 532 valence electrons. The fourth-order valence-corrected chi connectivity index (χ4v) is 15.0. The molecule has 31 atom stereocenters. The number of ketones is 1. The molecule has 2 spiro atoms. The predicted octanol–water partition coefficient (Wildman–Crippen LogP) is 0.806. The van der Waals surface area contributed by atoms with Crippen molar-refractivity contribution in [2.24, 2.45) is 0 Å². The Labute approximate surface area is 551 Å². The highest BCUT2D eigenvalue weighted by atomic mass is 35.5. The Morgan fingerprint density at radius 1 is 0.649 bits per heavy atom. The van der Waals surface area contributed by atoms with Crippen molar-refractivity contribution in [2.75, 3.05) is 48.4 Å². The average molecular weight is 1390 g/mol. The van der Waals surface area contributed by atoms with Crippen molar-refractivity contribution in [3.63, 3.8) is 0 Å². The first-order chi connectivity index (χ1) is 44.5. The first-order valence-corrected chi connectivity index (χ1v) is 32.1. The van der Waals surface area contributed by atoms with E-state index in [-0.39, 0.29) is 72.6 Å². The second-order valence-electron chi connectivity index (χ2n) is 25.5. The van der Waals surface area contributed by atoms with Gasteiger partial charge in [-0.3, -0.25) is 9.59 Å². The molecule has 0 bridgehead atoms. The number of carbonyl (C=O) groups is 3. The summed E-state index contributed by atoms with van der Waals surface area (Å²) in [6.07, 6.45) is -32.8. The highest BCUT2D eigenvalue weighted by Gasteiger charge is 2.73. The Morgan fingerprint density at radius 3 is 2.00 bits per heavy atom. The minimum absolute atomic E-state index is 0.00395. The van der Waals surface area contributed by atoms with Crippen LogP contribution in [0.15, 0.2) is 0 Å². The van der Waals surface area contributed by atoms with Crippen LogP contribution < -0.4 is 4.74 Å². The third kappa shape index (κ3) is 13.0. The van der Waals surface area contributed by atoms with Crippen LogP contribution in [0.1, 0.15) is 97.0 Å². The molecule has 0 aromatic heterocycles. The SMILES string of the molecule is CCC(=O)OC1C(OC2OC(COC)C(OC3OC(C)C(OC)C(OC4CC5(C)OC6(CC(O)C(OC7CC(O)C(OC(=O)c8c(C)c(Cl)c(O)c(Cl)c8OC)C(C)O7)C(C)O6)OC5C(C)O4)C3O)C(O)C2OC)OCC2OC3(OC21)OC(C)C(O)(C(C)=O)C1OCOC13. The van der Waals surface area contributed by atoms with Crippen molar-refractivity contribution < 1.29 is 154 Å². The third-order valence-electron chi connectivity index (χ3n) is 19.2. The number of aromatic hydroxyl groups is 1. The smallest absolute Gasteiger partial charge is 0.342 e. The van der Waals surface area contributed by atoms with Gasteiger partial charge < -0.3 is 140 Å². The highest BCUT2D eigenvalue weighted by molar-refractivity contribution is 6.39. The van der Waals surface area contributed by atoms with E-state index >= 15 is 0 Å². The molecule has 1 aromatic rings. The summed E-state index contributed by atoms with van der Waals surface area (Å²) in [4.78, 5) is 39.5. The topological polar surface area (TPSA) is 385 Å². The van der Waals surface area contributed by atoms with Crippen molar-refractivity contribution in [2.45, 2.75) is 277 Å². The molecule has 10 fully saturated rings. The summed E-state index contributed by atoms with van der Waals surface area (Å²) in [5, 5.41) is 69.0. The Bertz CT molecular complexity index is 2850. The van der Waals surface area contributed by atoms with Crippen LogP contribution >= 0.6 is 23.2 Å². The van der Waals surface area contributed by atoms with Crippen LogP contribution in [0.3, 0.4) is 0 Å². The number of phenolic OH excluding ortho intramolecular Hbond substituents is 1. The quantitative estimate of drug-likeness (QED) is 0.111. The normalized spacial score (nSPS) is 47.6. The number of esters is 2. The van der Waals surface area contributed by atoms with Crippen LogP contribution in [-0.2, 0) is 114 Å². The number of hydrogen-bond donors (Lipinski definition) is 6. The molecule has 10 saturated heterocycles. The molecular formula is C60H86Cl2O32. The average Bonchev–Trinajstić information content (AvgIpc) is 1.54. The van der Waals surface area contributed by atoms with Crippen LogP contribution in [-0.4, -0.2) is 286 Å². The van der Waals surface area contributed by atoms with E-state index in [1.54, 1.807) is 41.5 Å². The zero-order chi connectivity index (χ0) is 68.0. The van der Waals surface area contributed by atoms with Crippen molar-refractivity contribution in [1.29, 1.82) is 0 Å². The van der Waals surface area contributed by atoms with E-state index in [0.717, 1.165) is 0 Å². The molecule has 31 unspecified atom stereocenters. The Kier molecular flexibility index (Phi) is 21.7. The third-order valence-corrected chi connectivity index (χ3v) is 20.0. The standard InChI is InChI=1S/C60H86Cl2O32/c1-14-32(66)83-49-45-31(91-60(92-45)52-51(77-20-78-52)59(71,26(7)63)27(8)90-60)19-76-55(49)88-56-48(75-13)39(68)44(30(82-56)18-72-10)87-54-40(69)47(43(73-11)23(4)81-54)85-34-17-57(9)50(25(6)80-34)93-58(94-57)16-29(65)42(24(5)89-58)84-33-15-28(64)41(22(3)79-33)86-53(70)35-21(2)36(61)38(67)37(62)46(35)74-12/h22-25,27-31,33-34,39-45,47-52,54-56,64-65,67-69,71H,14-20H2,1-13H3. The van der Waals surface area contributed by atoms with E-state index in [9.17, 15) is 45.0 Å². The van der Waals surface area contributed by atoms with Crippen LogP contribution in [0.4, 0.5) is 0 Å². The lowest BCUT2D eigenvalue weighted by Gasteiger charge is -2.49. The van der Waals surface area contributed by atoms with Gasteiger partial charge in [-0.2, -0.15) is 0 Å². The lowest BCUT2D eigenvalue weighted by Crippen LogP contribution is -2.72. The molecule has 0 amide bonds. The first-order valence-electron chi connectivity index (χ1n) is 31.3. The number of phenols is 1. The van der Waals surface area contributed by atoms with Gasteiger partial charge in [0, 0.05) is 40.6 Å². The van der Waals surface area contributed by atoms with Gasteiger partial charge in [0.25, 0.3) is 5.97 Å². The van der Waals surface area contributed by atoms with Gasteiger partial charge in [0.05, 0.1) is 74.5 Å². The van der Waals surface area contributed by atoms with E-state index in [1.807, 2.05) is 0 Å². The fourth-order valence-electron chi connectivity index (χ4n) is 14.5. The zero-order valence-corrected chi connectivity index (χ0v) is 55.6. The van der Waals surface area contributed by atoms with E-state index < -0.39 is 212 Å². The van der Waals surface area contributed by atoms with Crippen LogP contribution in [0.25, 0.3) is 0 Å². The number of ether oxygens (including phenoxy) is 23. The van der Waals surface area contributed by atoms with E-state index in [0.29, 0.717) is 0 Å². The summed E-state index contributed by atoms with van der Waals surface area (Å²) in [5.74, 6) is -6.76. The molecule has 0 aliphatic carbocycles. The number of rotatable bonds is 18. The van der Waals surface area contributed by atoms with Gasteiger partial charge in [-0.05, 0) is 61.0 Å². The maximum Gasteiger partial charge on any atom is 0.342 e. The van der Waals surface area contributed by atoms with Crippen molar-refractivity contribution >= 4 is 40.9 Å². The van der Waals surface area contributed by atoms with Crippen LogP contribution in [0.2, 0.25) is 10.0 Å². The molecule has 11 rings (SSSR count). The summed E-state index contributed by atoms with van der Waals surface area (Å²) in [6, 6.07) is 0. The highest BCUT2D eigenvalue weighted by Crippen LogP contribution is 2.53. The van der Waals surface area contributed by atoms with Crippen LogP contribution in [0.5, 0.6) is 11.5 Å². The van der Waals surface area contributed by atoms with Gasteiger partial charge in [-0.15, -0.1) is 0 Å². The Balaban J connectivity index is 0.719. The summed E-state index contributed by atoms with van der Waals surface area (Å²) in [7, 11) is 5.35.